The molecule has 1 N–H and O–H groups in total. The van der Waals surface area contributed by atoms with Gasteiger partial charge in [0.05, 0.1) is 6.26 Å². The van der Waals surface area contributed by atoms with E-state index in [-0.39, 0.29) is 11.3 Å². The summed E-state index contributed by atoms with van der Waals surface area (Å²) in [5, 5.41) is 3.40. The lowest BCUT2D eigenvalue weighted by molar-refractivity contribution is -0.123. The van der Waals surface area contributed by atoms with Crippen molar-refractivity contribution in [1.29, 1.82) is 0 Å². The number of amides is 1. The second kappa shape index (κ2) is 12.3. The van der Waals surface area contributed by atoms with E-state index >= 15 is 0 Å². The molecule has 3 nitrogen and oxygen atoms in total. The number of carbonyl (C=O) groups excluding carboxylic acids is 1. The van der Waals surface area contributed by atoms with Gasteiger partial charge in [-0.2, -0.15) is 0 Å². The minimum absolute atomic E-state index is 0.0433. The Morgan fingerprint density at radius 3 is 2.47 bits per heavy atom. The second-order valence-electron chi connectivity index (χ2n) is 10.7. The van der Waals surface area contributed by atoms with Gasteiger partial charge in [-0.1, -0.05) is 67.5 Å². The molecule has 1 unspecified atom stereocenters. The number of hydrogen-bond donors (Lipinski definition) is 1. The molecule has 3 aliphatic carbocycles. The number of carbonyl (C=O) groups is 1. The number of rotatable bonds is 10. The molecule has 1 amide bonds. The smallest absolute Gasteiger partial charge is 0.217 e. The van der Waals surface area contributed by atoms with Crippen LogP contribution in [0.4, 0.5) is 0 Å². The summed E-state index contributed by atoms with van der Waals surface area (Å²) in [6.07, 6.45) is 22.4. The Balaban J connectivity index is 1.97. The van der Waals surface area contributed by atoms with E-state index in [1.807, 2.05) is 12.2 Å². The monoisotopic (exact) mass is 485 g/mol. The van der Waals surface area contributed by atoms with Crippen LogP contribution in [-0.4, -0.2) is 18.1 Å². The van der Waals surface area contributed by atoms with Crippen LogP contribution in [0.2, 0.25) is 0 Å². The van der Waals surface area contributed by atoms with E-state index in [0.29, 0.717) is 18.4 Å². The van der Waals surface area contributed by atoms with E-state index in [9.17, 15) is 4.79 Å². The van der Waals surface area contributed by atoms with Crippen molar-refractivity contribution in [2.45, 2.75) is 77.7 Å². The molecule has 1 spiro atoms. The van der Waals surface area contributed by atoms with Crippen LogP contribution in [0.1, 0.15) is 72.1 Å². The SMILES string of the molecule is C=C/C=C(\C=C/C)CC1CCC2(CC1)CC(C)=C(/C=C(/C#CC1CC1)C=C)C2(COC=C)NC(C)=O. The van der Waals surface area contributed by atoms with Crippen molar-refractivity contribution < 1.29 is 9.53 Å². The summed E-state index contributed by atoms with van der Waals surface area (Å²) in [7, 11) is 0. The van der Waals surface area contributed by atoms with Gasteiger partial charge in [0.1, 0.15) is 12.1 Å². The zero-order valence-electron chi connectivity index (χ0n) is 22.5. The molecule has 3 rings (SSSR count). The number of allylic oxidation sites excluding steroid dienone is 8. The lowest BCUT2D eigenvalue weighted by atomic mass is 9.59. The van der Waals surface area contributed by atoms with Crippen molar-refractivity contribution in [3.8, 4) is 11.8 Å². The Morgan fingerprint density at radius 1 is 1.19 bits per heavy atom. The third kappa shape index (κ3) is 6.22. The lowest BCUT2D eigenvalue weighted by Crippen LogP contribution is -2.62. The first-order valence-electron chi connectivity index (χ1n) is 13.3. The molecule has 2 saturated carbocycles. The first-order valence-corrected chi connectivity index (χ1v) is 13.3. The highest BCUT2D eigenvalue weighted by Gasteiger charge is 2.59. The average Bonchev–Trinajstić information content (AvgIpc) is 3.65. The molecule has 192 valence electrons. The van der Waals surface area contributed by atoms with E-state index in [4.69, 9.17) is 4.74 Å². The topological polar surface area (TPSA) is 38.3 Å². The van der Waals surface area contributed by atoms with E-state index < -0.39 is 5.54 Å². The first kappa shape index (κ1) is 27.6. The molecule has 36 heavy (non-hydrogen) atoms. The Morgan fingerprint density at radius 2 is 1.92 bits per heavy atom. The van der Waals surface area contributed by atoms with Gasteiger partial charge in [0.25, 0.3) is 0 Å². The molecule has 0 aliphatic heterocycles. The highest BCUT2D eigenvalue weighted by Crippen LogP contribution is 2.59. The fourth-order valence-corrected chi connectivity index (χ4v) is 6.24. The zero-order chi connectivity index (χ0) is 26.2. The number of hydrogen-bond acceptors (Lipinski definition) is 2. The van der Waals surface area contributed by atoms with E-state index in [0.717, 1.165) is 49.7 Å². The molecule has 0 aromatic carbocycles. The minimum Gasteiger partial charge on any atom is -0.499 e. The van der Waals surface area contributed by atoms with Gasteiger partial charge in [0.15, 0.2) is 0 Å². The maximum atomic E-state index is 12.7. The van der Waals surface area contributed by atoms with E-state index in [1.165, 1.54) is 30.2 Å². The van der Waals surface area contributed by atoms with E-state index in [1.54, 1.807) is 6.92 Å². The standard InChI is InChI=1S/C33H43NO2/c1-7-11-29(12-8-2)21-30-17-19-32(20-18-30)23-25(5)31(22-27(9-3)13-14-28-15-16-28)33(32,24-36-10-4)34-26(6)35/h7-12,22,28,30H,1,3-4,15-21,23-24H2,2,5-6H3,(H,34,35)/b12-8-,27-22+,29-11+. The maximum Gasteiger partial charge on any atom is 0.217 e. The van der Waals surface area contributed by atoms with Crippen molar-refractivity contribution in [3.05, 3.63) is 84.7 Å². The van der Waals surface area contributed by atoms with Gasteiger partial charge in [0.2, 0.25) is 5.91 Å². The zero-order valence-corrected chi connectivity index (χ0v) is 22.5. The van der Waals surface area contributed by atoms with Crippen molar-refractivity contribution in [3.63, 3.8) is 0 Å². The fourth-order valence-electron chi connectivity index (χ4n) is 6.24. The Labute approximate surface area is 218 Å². The molecular formula is C33H43NO2. The molecular weight excluding hydrogens is 442 g/mol. The van der Waals surface area contributed by atoms with Crippen molar-refractivity contribution in [2.75, 3.05) is 6.61 Å². The van der Waals surface area contributed by atoms with Crippen LogP contribution in [0.5, 0.6) is 0 Å². The molecule has 0 saturated heterocycles. The van der Waals surface area contributed by atoms with Gasteiger partial charge in [-0.3, -0.25) is 4.79 Å². The predicted octanol–water partition coefficient (Wildman–Crippen LogP) is 7.52. The average molecular weight is 486 g/mol. The molecule has 3 heteroatoms. The largest absolute Gasteiger partial charge is 0.499 e. The Hall–Kier alpha value is -2.99. The summed E-state index contributed by atoms with van der Waals surface area (Å²) in [6, 6.07) is 0. The van der Waals surface area contributed by atoms with Crippen molar-refractivity contribution >= 4 is 5.91 Å². The molecule has 2 fully saturated rings. The summed E-state index contributed by atoms with van der Waals surface area (Å²) in [4.78, 5) is 12.7. The van der Waals surface area contributed by atoms with Gasteiger partial charge in [-0.05, 0) is 88.4 Å². The lowest BCUT2D eigenvalue weighted by Gasteiger charge is -2.51. The normalized spacial score (nSPS) is 28.6. The Kier molecular flexibility index (Phi) is 9.43. The third-order valence-electron chi connectivity index (χ3n) is 8.05. The predicted molar refractivity (Wildman–Crippen MR) is 151 cm³/mol. The van der Waals surface area contributed by atoms with Crippen LogP contribution in [0.25, 0.3) is 0 Å². The van der Waals surface area contributed by atoms with Crippen LogP contribution < -0.4 is 5.32 Å². The second-order valence-corrected chi connectivity index (χ2v) is 10.7. The van der Waals surface area contributed by atoms with Crippen molar-refractivity contribution in [2.24, 2.45) is 17.3 Å². The highest BCUT2D eigenvalue weighted by atomic mass is 16.5. The molecule has 0 bridgehead atoms. The molecule has 0 heterocycles. The Bertz CT molecular complexity index is 1040. The molecule has 0 radical (unpaired) electrons. The molecule has 0 aromatic rings. The highest BCUT2D eigenvalue weighted by molar-refractivity contribution is 5.76. The van der Waals surface area contributed by atoms with Crippen LogP contribution in [0.15, 0.2) is 84.7 Å². The fraction of sp³-hybridized carbons (Fsp3) is 0.485. The van der Waals surface area contributed by atoms with Crippen molar-refractivity contribution in [1.82, 2.24) is 5.32 Å². The molecule has 0 aromatic heterocycles. The molecule has 1 atom stereocenters. The molecule has 3 aliphatic rings. The minimum atomic E-state index is -0.624. The quantitative estimate of drug-likeness (QED) is 0.197. The van der Waals surface area contributed by atoms with Crippen LogP contribution >= 0.6 is 0 Å². The summed E-state index contributed by atoms with van der Waals surface area (Å²) >= 11 is 0. The summed E-state index contributed by atoms with van der Waals surface area (Å²) in [5.41, 5.74) is 3.92. The van der Waals surface area contributed by atoms with Gasteiger partial charge in [-0.25, -0.2) is 0 Å². The van der Waals surface area contributed by atoms with Gasteiger partial charge >= 0.3 is 0 Å². The van der Waals surface area contributed by atoms with Crippen LogP contribution in [0.3, 0.4) is 0 Å². The maximum absolute atomic E-state index is 12.7. The van der Waals surface area contributed by atoms with Crippen LogP contribution in [0, 0.1) is 29.1 Å². The summed E-state index contributed by atoms with van der Waals surface area (Å²) < 4.78 is 5.90. The van der Waals surface area contributed by atoms with E-state index in [2.05, 4.69) is 75.0 Å². The van der Waals surface area contributed by atoms with Gasteiger partial charge < -0.3 is 10.1 Å². The van der Waals surface area contributed by atoms with Gasteiger partial charge in [0, 0.05) is 23.8 Å². The first-order chi connectivity index (χ1) is 17.3. The van der Waals surface area contributed by atoms with Crippen LogP contribution in [-0.2, 0) is 9.53 Å². The number of nitrogens with one attached hydrogen (secondary N) is 1. The third-order valence-corrected chi connectivity index (χ3v) is 8.05. The summed E-state index contributed by atoms with van der Waals surface area (Å²) in [6.45, 7) is 17.9. The number of ether oxygens (including phenoxy) is 1. The summed E-state index contributed by atoms with van der Waals surface area (Å²) in [5.74, 6) is 7.78. The van der Waals surface area contributed by atoms with Gasteiger partial charge in [-0.15, -0.1) is 0 Å².